The van der Waals surface area contributed by atoms with E-state index in [0.717, 1.165) is 6.07 Å². The van der Waals surface area contributed by atoms with E-state index in [-0.39, 0.29) is 35.0 Å². The van der Waals surface area contributed by atoms with Crippen LogP contribution in [0.5, 0.6) is 17.2 Å². The predicted octanol–water partition coefficient (Wildman–Crippen LogP) is 1.04. The highest BCUT2D eigenvalue weighted by Gasteiger charge is 2.29. The van der Waals surface area contributed by atoms with E-state index in [1.807, 2.05) is 0 Å². The maximum atomic E-state index is 11.6. The van der Waals surface area contributed by atoms with E-state index in [2.05, 4.69) is 0 Å². The lowest BCUT2D eigenvalue weighted by molar-refractivity contribution is -0.0577. The van der Waals surface area contributed by atoms with Crippen molar-refractivity contribution >= 4 is 5.78 Å². The van der Waals surface area contributed by atoms with Gasteiger partial charge in [-0.15, -0.1) is 0 Å². The molecule has 1 aliphatic rings. The van der Waals surface area contributed by atoms with Gasteiger partial charge in [-0.05, 0) is 0 Å². The highest BCUT2D eigenvalue weighted by Crippen LogP contribution is 2.37. The van der Waals surface area contributed by atoms with Gasteiger partial charge in [-0.3, -0.25) is 4.79 Å². The van der Waals surface area contributed by atoms with Crippen molar-refractivity contribution in [1.29, 1.82) is 0 Å². The van der Waals surface area contributed by atoms with Crippen LogP contribution in [0.3, 0.4) is 0 Å². The van der Waals surface area contributed by atoms with Crippen molar-refractivity contribution in [2.24, 2.45) is 0 Å². The van der Waals surface area contributed by atoms with Gasteiger partial charge in [0.1, 0.15) is 22.8 Å². The lowest BCUT2D eigenvalue weighted by atomic mass is 10.0. The Balaban J connectivity index is 2.50. The zero-order valence-electron chi connectivity index (χ0n) is 8.06. The Hall–Kier alpha value is -1.75. The molecule has 15 heavy (non-hydrogen) atoms. The number of carbonyl (C=O) groups is 1. The summed E-state index contributed by atoms with van der Waals surface area (Å²) in [5, 5.41) is 18.7. The van der Waals surface area contributed by atoms with Gasteiger partial charge >= 0.3 is 0 Å². The molecule has 0 radical (unpaired) electrons. The Morgan fingerprint density at radius 1 is 1.47 bits per heavy atom. The quantitative estimate of drug-likeness (QED) is 0.724. The second-order valence-electron chi connectivity index (χ2n) is 3.25. The number of fused-ring (bicyclic) bond motifs is 1. The molecule has 0 spiro atoms. The average molecular weight is 210 g/mol. The van der Waals surface area contributed by atoms with Crippen LogP contribution >= 0.6 is 0 Å². The highest BCUT2D eigenvalue weighted by atomic mass is 16.7. The van der Waals surface area contributed by atoms with Gasteiger partial charge in [-0.1, -0.05) is 0 Å². The molecule has 1 unspecified atom stereocenters. The number of hydrogen-bond acceptors (Lipinski definition) is 5. The van der Waals surface area contributed by atoms with Crippen LogP contribution in [0.4, 0.5) is 0 Å². The topological polar surface area (TPSA) is 76.0 Å². The standard InChI is InChI=1S/C10H10O5/c1-14-9-4-7(13)10-6(12)2-5(11)3-8(10)15-9/h2-3,9,11-12H,4H2,1H3. The average Bonchev–Trinajstić information content (AvgIpc) is 2.15. The fourth-order valence-electron chi connectivity index (χ4n) is 1.53. The van der Waals surface area contributed by atoms with Crippen molar-refractivity contribution in [1.82, 2.24) is 0 Å². The number of ether oxygens (including phenoxy) is 2. The number of ketones is 1. The first-order valence-electron chi connectivity index (χ1n) is 4.40. The summed E-state index contributed by atoms with van der Waals surface area (Å²) < 4.78 is 10.1. The largest absolute Gasteiger partial charge is 0.508 e. The second-order valence-corrected chi connectivity index (χ2v) is 3.25. The molecule has 0 aliphatic carbocycles. The predicted molar refractivity (Wildman–Crippen MR) is 50.1 cm³/mol. The summed E-state index contributed by atoms with van der Waals surface area (Å²) in [7, 11) is 1.42. The molecule has 5 nitrogen and oxygen atoms in total. The van der Waals surface area contributed by atoms with Gasteiger partial charge in [0.15, 0.2) is 5.78 Å². The van der Waals surface area contributed by atoms with Crippen molar-refractivity contribution in [3.8, 4) is 17.2 Å². The Kier molecular flexibility index (Phi) is 2.24. The maximum Gasteiger partial charge on any atom is 0.206 e. The normalized spacial score (nSPS) is 19.5. The van der Waals surface area contributed by atoms with Crippen molar-refractivity contribution in [2.45, 2.75) is 12.7 Å². The van der Waals surface area contributed by atoms with Crippen LogP contribution in [-0.4, -0.2) is 29.4 Å². The Labute approximate surface area is 85.9 Å². The first kappa shape index (κ1) is 9.79. The fourth-order valence-corrected chi connectivity index (χ4v) is 1.53. The number of rotatable bonds is 1. The zero-order chi connectivity index (χ0) is 11.0. The maximum absolute atomic E-state index is 11.6. The van der Waals surface area contributed by atoms with Crippen LogP contribution in [0.1, 0.15) is 16.8 Å². The van der Waals surface area contributed by atoms with Gasteiger partial charge in [-0.25, -0.2) is 0 Å². The summed E-state index contributed by atoms with van der Waals surface area (Å²) >= 11 is 0. The van der Waals surface area contributed by atoms with Crippen LogP contribution in [0.15, 0.2) is 12.1 Å². The molecule has 2 N–H and O–H groups in total. The second kappa shape index (κ2) is 3.43. The van der Waals surface area contributed by atoms with Crippen LogP contribution < -0.4 is 4.74 Å². The number of methoxy groups -OCH3 is 1. The number of phenolic OH excluding ortho intramolecular Hbond substituents is 2. The van der Waals surface area contributed by atoms with Gasteiger partial charge in [0, 0.05) is 19.2 Å². The van der Waals surface area contributed by atoms with Crippen molar-refractivity contribution in [2.75, 3.05) is 7.11 Å². The van der Waals surface area contributed by atoms with E-state index in [9.17, 15) is 15.0 Å². The molecular weight excluding hydrogens is 200 g/mol. The number of benzene rings is 1. The van der Waals surface area contributed by atoms with Crippen LogP contribution in [0, 0.1) is 0 Å². The molecule has 0 bridgehead atoms. The summed E-state index contributed by atoms with van der Waals surface area (Å²) in [5.74, 6) is -0.545. The fraction of sp³-hybridized carbons (Fsp3) is 0.300. The van der Waals surface area contributed by atoms with E-state index in [1.165, 1.54) is 13.2 Å². The lowest BCUT2D eigenvalue weighted by Gasteiger charge is -2.24. The summed E-state index contributed by atoms with van der Waals surface area (Å²) in [6.45, 7) is 0. The third-order valence-corrected chi connectivity index (χ3v) is 2.22. The van der Waals surface area contributed by atoms with Gasteiger partial charge in [0.25, 0.3) is 0 Å². The minimum Gasteiger partial charge on any atom is -0.508 e. The van der Waals surface area contributed by atoms with Crippen molar-refractivity contribution in [3.05, 3.63) is 17.7 Å². The molecule has 0 amide bonds. The summed E-state index contributed by atoms with van der Waals surface area (Å²) in [6, 6.07) is 2.38. The van der Waals surface area contributed by atoms with Gasteiger partial charge in [-0.2, -0.15) is 0 Å². The minimum absolute atomic E-state index is 0.0574. The van der Waals surface area contributed by atoms with E-state index in [1.54, 1.807) is 0 Å². The summed E-state index contributed by atoms with van der Waals surface area (Å²) in [6.07, 6.45) is -0.604. The Morgan fingerprint density at radius 3 is 2.87 bits per heavy atom. The third kappa shape index (κ3) is 1.61. The smallest absolute Gasteiger partial charge is 0.206 e. The molecule has 0 saturated carbocycles. The molecule has 80 valence electrons. The molecule has 5 heteroatoms. The molecule has 1 aromatic rings. The molecule has 0 aromatic heterocycles. The highest BCUT2D eigenvalue weighted by molar-refractivity contribution is 6.02. The van der Waals surface area contributed by atoms with E-state index in [4.69, 9.17) is 9.47 Å². The third-order valence-electron chi connectivity index (χ3n) is 2.22. The molecule has 2 rings (SSSR count). The van der Waals surface area contributed by atoms with Crippen molar-refractivity contribution < 1.29 is 24.5 Å². The van der Waals surface area contributed by atoms with Crippen LogP contribution in [-0.2, 0) is 4.74 Å². The molecule has 0 saturated heterocycles. The first-order chi connectivity index (χ1) is 7.11. The van der Waals surface area contributed by atoms with Crippen LogP contribution in [0.25, 0.3) is 0 Å². The Bertz CT molecular complexity index is 413. The molecule has 1 aliphatic heterocycles. The number of aromatic hydroxyl groups is 2. The van der Waals surface area contributed by atoms with Crippen LogP contribution in [0.2, 0.25) is 0 Å². The summed E-state index contributed by atoms with van der Waals surface area (Å²) in [4.78, 5) is 11.6. The summed E-state index contributed by atoms with van der Waals surface area (Å²) in [5.41, 5.74) is 0.0982. The molecule has 1 heterocycles. The monoisotopic (exact) mass is 210 g/mol. The molecule has 1 atom stereocenters. The number of phenols is 2. The van der Waals surface area contributed by atoms with E-state index in [0.29, 0.717) is 0 Å². The number of carbonyl (C=O) groups excluding carboxylic acids is 1. The number of hydrogen-bond donors (Lipinski definition) is 2. The van der Waals surface area contributed by atoms with Gasteiger partial charge < -0.3 is 19.7 Å². The Morgan fingerprint density at radius 2 is 2.20 bits per heavy atom. The lowest BCUT2D eigenvalue weighted by Crippen LogP contribution is -2.28. The molecule has 0 fully saturated rings. The number of Topliss-reactive ketones (excluding diaryl/α,β-unsaturated/α-hetero) is 1. The minimum atomic E-state index is -0.661. The first-order valence-corrected chi connectivity index (χ1v) is 4.40. The van der Waals surface area contributed by atoms with E-state index >= 15 is 0 Å². The van der Waals surface area contributed by atoms with Gasteiger partial charge in [0.2, 0.25) is 6.29 Å². The van der Waals surface area contributed by atoms with E-state index < -0.39 is 6.29 Å². The van der Waals surface area contributed by atoms with Gasteiger partial charge in [0.05, 0.1) is 6.42 Å². The van der Waals surface area contributed by atoms with Crippen molar-refractivity contribution in [3.63, 3.8) is 0 Å². The molecular formula is C10H10O5. The molecule has 1 aromatic carbocycles. The zero-order valence-corrected chi connectivity index (χ0v) is 8.06. The SMILES string of the molecule is COC1CC(=O)c2c(O)cc(O)cc2O1.